The van der Waals surface area contributed by atoms with Crippen LogP contribution >= 0.6 is 0 Å². The summed E-state index contributed by atoms with van der Waals surface area (Å²) < 4.78 is 0. The van der Waals surface area contributed by atoms with Gasteiger partial charge < -0.3 is 5.43 Å². The number of nitrogen functional groups attached to an aromatic ring is 1. The number of nitrogens with two attached hydrogens (primary N) is 1. The van der Waals surface area contributed by atoms with E-state index in [4.69, 9.17) is 5.84 Å². The Hall–Kier alpha value is -1.13. The fraction of sp³-hybridized carbons (Fsp3) is 0.500. The SMILES string of the molecule is NNc1cccc(CN2CCCC2)n1. The minimum atomic E-state index is 0.738. The molecular weight excluding hydrogens is 176 g/mol. The van der Waals surface area contributed by atoms with Crippen molar-refractivity contribution in [2.75, 3.05) is 18.5 Å². The van der Waals surface area contributed by atoms with E-state index in [9.17, 15) is 0 Å². The maximum atomic E-state index is 5.30. The lowest BCUT2D eigenvalue weighted by molar-refractivity contribution is 0.327. The number of hydrogen-bond donors (Lipinski definition) is 2. The van der Waals surface area contributed by atoms with Crippen LogP contribution in [0.15, 0.2) is 18.2 Å². The summed E-state index contributed by atoms with van der Waals surface area (Å²) in [5, 5.41) is 0. The zero-order chi connectivity index (χ0) is 9.80. The van der Waals surface area contributed by atoms with Gasteiger partial charge in [0.05, 0.1) is 5.69 Å². The molecule has 0 aliphatic carbocycles. The van der Waals surface area contributed by atoms with Crippen molar-refractivity contribution < 1.29 is 0 Å². The Labute approximate surface area is 84.1 Å². The van der Waals surface area contributed by atoms with Gasteiger partial charge in [-0.15, -0.1) is 0 Å². The summed E-state index contributed by atoms with van der Waals surface area (Å²) in [6, 6.07) is 5.89. The topological polar surface area (TPSA) is 54.2 Å². The minimum Gasteiger partial charge on any atom is -0.308 e. The van der Waals surface area contributed by atoms with Gasteiger partial charge in [0.1, 0.15) is 5.82 Å². The molecule has 3 N–H and O–H groups in total. The van der Waals surface area contributed by atoms with Gasteiger partial charge in [-0.1, -0.05) is 6.07 Å². The van der Waals surface area contributed by atoms with Crippen LogP contribution in [-0.4, -0.2) is 23.0 Å². The van der Waals surface area contributed by atoms with E-state index in [1.807, 2.05) is 18.2 Å². The number of nitrogens with zero attached hydrogens (tertiary/aromatic N) is 2. The highest BCUT2D eigenvalue weighted by atomic mass is 15.3. The first-order valence-electron chi connectivity index (χ1n) is 5.03. The van der Waals surface area contributed by atoms with Crippen molar-refractivity contribution >= 4 is 5.82 Å². The molecular formula is C10H16N4. The smallest absolute Gasteiger partial charge is 0.140 e. The number of rotatable bonds is 3. The van der Waals surface area contributed by atoms with E-state index in [1.54, 1.807) is 0 Å². The van der Waals surface area contributed by atoms with Crippen molar-refractivity contribution in [3.63, 3.8) is 0 Å². The third kappa shape index (κ3) is 2.21. The monoisotopic (exact) mass is 192 g/mol. The Bertz CT molecular complexity index is 294. The van der Waals surface area contributed by atoms with Gasteiger partial charge in [0.25, 0.3) is 0 Å². The Morgan fingerprint density at radius 3 is 2.86 bits per heavy atom. The molecule has 2 rings (SSSR count). The molecule has 4 nitrogen and oxygen atoms in total. The largest absolute Gasteiger partial charge is 0.308 e. The number of aromatic nitrogens is 1. The first-order chi connectivity index (χ1) is 6.88. The number of pyridine rings is 1. The van der Waals surface area contributed by atoms with E-state index < -0.39 is 0 Å². The molecule has 0 saturated carbocycles. The lowest BCUT2D eigenvalue weighted by Crippen LogP contribution is -2.19. The van der Waals surface area contributed by atoms with Crippen LogP contribution in [0.4, 0.5) is 5.82 Å². The standard InChI is InChI=1S/C10H16N4/c11-13-10-5-3-4-9(12-10)8-14-6-1-2-7-14/h3-5H,1-2,6-8,11H2,(H,12,13). The van der Waals surface area contributed by atoms with Crippen LogP contribution in [0.5, 0.6) is 0 Å². The van der Waals surface area contributed by atoms with Crippen LogP contribution in [-0.2, 0) is 6.54 Å². The molecule has 1 aromatic rings. The molecule has 0 amide bonds. The lowest BCUT2D eigenvalue weighted by Gasteiger charge is -2.13. The molecule has 0 radical (unpaired) electrons. The molecule has 4 heteroatoms. The van der Waals surface area contributed by atoms with Crippen LogP contribution in [0.25, 0.3) is 0 Å². The normalized spacial score (nSPS) is 17.2. The zero-order valence-electron chi connectivity index (χ0n) is 8.24. The summed E-state index contributed by atoms with van der Waals surface area (Å²) in [6.07, 6.45) is 2.63. The van der Waals surface area contributed by atoms with Crippen LogP contribution in [0.2, 0.25) is 0 Å². The highest BCUT2D eigenvalue weighted by Gasteiger charge is 2.12. The molecule has 2 heterocycles. The van der Waals surface area contributed by atoms with Crippen molar-refractivity contribution in [1.29, 1.82) is 0 Å². The van der Waals surface area contributed by atoms with Gasteiger partial charge in [0.2, 0.25) is 0 Å². The van der Waals surface area contributed by atoms with E-state index in [1.165, 1.54) is 25.9 Å². The Kier molecular flexibility index (Phi) is 2.96. The molecule has 0 aromatic carbocycles. The summed E-state index contributed by atoms with van der Waals surface area (Å²) in [7, 11) is 0. The quantitative estimate of drug-likeness (QED) is 0.553. The molecule has 0 unspecified atom stereocenters. The summed E-state index contributed by atoms with van der Waals surface area (Å²) >= 11 is 0. The molecule has 1 aliphatic heterocycles. The van der Waals surface area contributed by atoms with Crippen molar-refractivity contribution in [1.82, 2.24) is 9.88 Å². The predicted octanol–water partition coefficient (Wildman–Crippen LogP) is 0.963. The average Bonchev–Trinajstić information content (AvgIpc) is 2.71. The number of likely N-dealkylation sites (tertiary alicyclic amines) is 1. The molecule has 14 heavy (non-hydrogen) atoms. The van der Waals surface area contributed by atoms with Gasteiger partial charge in [-0.2, -0.15) is 0 Å². The summed E-state index contributed by atoms with van der Waals surface area (Å²) in [6.45, 7) is 3.33. The van der Waals surface area contributed by atoms with Crippen LogP contribution in [0.1, 0.15) is 18.5 Å². The summed E-state index contributed by atoms with van der Waals surface area (Å²) in [5.41, 5.74) is 3.65. The Morgan fingerprint density at radius 2 is 2.14 bits per heavy atom. The van der Waals surface area contributed by atoms with Crippen LogP contribution in [0.3, 0.4) is 0 Å². The van der Waals surface area contributed by atoms with Crippen molar-refractivity contribution in [2.45, 2.75) is 19.4 Å². The second-order valence-corrected chi connectivity index (χ2v) is 3.64. The van der Waals surface area contributed by atoms with Gasteiger partial charge in [-0.25, -0.2) is 10.8 Å². The van der Waals surface area contributed by atoms with E-state index >= 15 is 0 Å². The fourth-order valence-corrected chi connectivity index (χ4v) is 1.82. The molecule has 0 bridgehead atoms. The van der Waals surface area contributed by atoms with Crippen molar-refractivity contribution in [2.24, 2.45) is 5.84 Å². The molecule has 1 aliphatic rings. The maximum absolute atomic E-state index is 5.30. The van der Waals surface area contributed by atoms with E-state index in [2.05, 4.69) is 15.3 Å². The molecule has 76 valence electrons. The van der Waals surface area contributed by atoms with Crippen LogP contribution < -0.4 is 11.3 Å². The molecule has 1 aromatic heterocycles. The van der Waals surface area contributed by atoms with Gasteiger partial charge in [0, 0.05) is 6.54 Å². The first-order valence-corrected chi connectivity index (χ1v) is 5.03. The highest BCUT2D eigenvalue weighted by Crippen LogP contribution is 2.12. The second kappa shape index (κ2) is 4.39. The van der Waals surface area contributed by atoms with Crippen molar-refractivity contribution in [3.05, 3.63) is 23.9 Å². The molecule has 0 atom stereocenters. The van der Waals surface area contributed by atoms with Gasteiger partial charge in [-0.05, 0) is 38.1 Å². The minimum absolute atomic E-state index is 0.738. The average molecular weight is 192 g/mol. The van der Waals surface area contributed by atoms with E-state index in [0.29, 0.717) is 0 Å². The number of anilines is 1. The predicted molar refractivity (Wildman–Crippen MR) is 56.6 cm³/mol. The lowest BCUT2D eigenvalue weighted by atomic mass is 10.3. The third-order valence-electron chi connectivity index (χ3n) is 2.54. The fourth-order valence-electron chi connectivity index (χ4n) is 1.82. The highest BCUT2D eigenvalue weighted by molar-refractivity contribution is 5.33. The van der Waals surface area contributed by atoms with Gasteiger partial charge >= 0.3 is 0 Å². The number of hydrogen-bond acceptors (Lipinski definition) is 4. The molecule has 0 spiro atoms. The maximum Gasteiger partial charge on any atom is 0.140 e. The second-order valence-electron chi connectivity index (χ2n) is 3.64. The van der Waals surface area contributed by atoms with E-state index in [-0.39, 0.29) is 0 Å². The number of nitrogens with one attached hydrogen (secondary N) is 1. The summed E-state index contributed by atoms with van der Waals surface area (Å²) in [5.74, 6) is 6.04. The number of hydrazine groups is 1. The van der Waals surface area contributed by atoms with Crippen LogP contribution in [0, 0.1) is 0 Å². The Balaban J connectivity index is 2.00. The Morgan fingerprint density at radius 1 is 1.36 bits per heavy atom. The molecule has 1 fully saturated rings. The third-order valence-corrected chi connectivity index (χ3v) is 2.54. The van der Waals surface area contributed by atoms with Crippen molar-refractivity contribution in [3.8, 4) is 0 Å². The van der Waals surface area contributed by atoms with Gasteiger partial charge in [-0.3, -0.25) is 4.90 Å². The summed E-state index contributed by atoms with van der Waals surface area (Å²) in [4.78, 5) is 6.80. The zero-order valence-corrected chi connectivity index (χ0v) is 8.24. The van der Waals surface area contributed by atoms with E-state index in [0.717, 1.165) is 18.1 Å². The molecule has 1 saturated heterocycles. The first kappa shape index (κ1) is 9.43. The van der Waals surface area contributed by atoms with Gasteiger partial charge in [0.15, 0.2) is 0 Å².